The number of H-pyrrole nitrogens is 1. The Kier molecular flexibility index (Phi) is 4.56. The Morgan fingerprint density at radius 2 is 2.06 bits per heavy atom. The van der Waals surface area contributed by atoms with Gasteiger partial charge in [0.05, 0.1) is 0 Å². The maximum atomic E-state index is 3.49. The number of nitrogens with one attached hydrogen (secondary N) is 2. The molecule has 0 atom stereocenters. The minimum Gasteiger partial charge on any atom is -0.313 e. The van der Waals surface area contributed by atoms with Crippen LogP contribution in [0.1, 0.15) is 26.2 Å². The van der Waals surface area contributed by atoms with Crippen LogP contribution in [0.15, 0.2) is 30.6 Å². The van der Waals surface area contributed by atoms with Crippen molar-refractivity contribution < 1.29 is 4.57 Å². The molecule has 17 heavy (non-hydrogen) atoms. The smallest absolute Gasteiger partial charge is 0.242 e. The first-order valence-electron chi connectivity index (χ1n) is 6.58. The van der Waals surface area contributed by atoms with Gasteiger partial charge in [0.25, 0.3) is 0 Å². The number of nitrogens with zero attached hydrogens (tertiary/aromatic N) is 1. The molecule has 0 radical (unpaired) electrons. The van der Waals surface area contributed by atoms with Crippen LogP contribution in [0.3, 0.4) is 0 Å². The molecule has 0 aliphatic carbocycles. The van der Waals surface area contributed by atoms with Crippen LogP contribution in [-0.2, 0) is 6.54 Å². The zero-order chi connectivity index (χ0) is 11.9. The number of unbranched alkanes of at least 4 members (excludes halogenated alkanes) is 2. The first kappa shape index (κ1) is 12.1. The molecule has 0 amide bonds. The number of benzene rings is 1. The molecule has 1 heterocycles. The van der Waals surface area contributed by atoms with E-state index in [0.29, 0.717) is 0 Å². The fourth-order valence-corrected chi connectivity index (χ4v) is 2.07. The van der Waals surface area contributed by atoms with E-state index < -0.39 is 0 Å². The van der Waals surface area contributed by atoms with Gasteiger partial charge in [-0.3, -0.25) is 0 Å². The standard InChI is InChI=1S/C14H21N3/c1-2-3-6-9-15-10-11-17-12-16-13-7-4-5-8-14(13)17/h4-5,7-8,12,15H,2-3,6,9-11H2,1H3/p+1. The van der Waals surface area contributed by atoms with Crippen LogP contribution in [0.5, 0.6) is 0 Å². The van der Waals surface area contributed by atoms with Gasteiger partial charge in [0, 0.05) is 6.54 Å². The molecule has 2 N–H and O–H groups in total. The third kappa shape index (κ3) is 3.30. The summed E-state index contributed by atoms with van der Waals surface area (Å²) >= 11 is 0. The van der Waals surface area contributed by atoms with Crippen molar-refractivity contribution in [1.29, 1.82) is 0 Å². The average molecular weight is 232 g/mol. The number of hydrogen-bond donors (Lipinski definition) is 2. The third-order valence-corrected chi connectivity index (χ3v) is 3.08. The van der Waals surface area contributed by atoms with Crippen LogP contribution in [0.2, 0.25) is 0 Å². The van der Waals surface area contributed by atoms with Crippen LogP contribution in [0.25, 0.3) is 11.0 Å². The lowest BCUT2D eigenvalue weighted by atomic mass is 10.2. The number of imidazole rings is 1. The Hall–Kier alpha value is -1.35. The highest BCUT2D eigenvalue weighted by Crippen LogP contribution is 2.04. The molecular formula is C14H22N3+. The SMILES string of the molecule is CCCCCNCC[n+]1c[nH]c2ccccc21. The van der Waals surface area contributed by atoms with Gasteiger partial charge in [-0.1, -0.05) is 31.9 Å². The Morgan fingerprint density at radius 3 is 2.94 bits per heavy atom. The van der Waals surface area contributed by atoms with Gasteiger partial charge in [0.15, 0.2) is 11.0 Å². The molecule has 1 aromatic carbocycles. The first-order chi connectivity index (χ1) is 8.42. The van der Waals surface area contributed by atoms with Crippen molar-refractivity contribution in [2.45, 2.75) is 32.7 Å². The average Bonchev–Trinajstić information content (AvgIpc) is 2.77. The predicted octanol–water partition coefficient (Wildman–Crippen LogP) is 2.24. The lowest BCUT2D eigenvalue weighted by molar-refractivity contribution is -0.669. The molecule has 0 aliphatic heterocycles. The third-order valence-electron chi connectivity index (χ3n) is 3.08. The van der Waals surface area contributed by atoms with Gasteiger partial charge in [-0.15, -0.1) is 0 Å². The molecular weight excluding hydrogens is 210 g/mol. The second-order valence-corrected chi connectivity index (χ2v) is 4.44. The molecule has 0 aliphatic rings. The highest BCUT2D eigenvalue weighted by atomic mass is 15.1. The number of para-hydroxylation sites is 2. The molecule has 0 saturated carbocycles. The zero-order valence-electron chi connectivity index (χ0n) is 10.6. The summed E-state index contributed by atoms with van der Waals surface area (Å²) in [5, 5.41) is 3.49. The minimum atomic E-state index is 1.02. The van der Waals surface area contributed by atoms with Gasteiger partial charge in [0.2, 0.25) is 6.33 Å². The Morgan fingerprint density at radius 1 is 1.18 bits per heavy atom. The van der Waals surface area contributed by atoms with E-state index in [4.69, 9.17) is 0 Å². The summed E-state index contributed by atoms with van der Waals surface area (Å²) in [7, 11) is 0. The highest BCUT2D eigenvalue weighted by molar-refractivity contribution is 5.70. The lowest BCUT2D eigenvalue weighted by Gasteiger charge is -2.02. The topological polar surface area (TPSA) is 31.7 Å². The molecule has 92 valence electrons. The number of rotatable bonds is 7. The second kappa shape index (κ2) is 6.40. The maximum absolute atomic E-state index is 3.49. The van der Waals surface area contributed by atoms with Gasteiger partial charge in [-0.25, -0.2) is 9.55 Å². The number of hydrogen-bond acceptors (Lipinski definition) is 1. The molecule has 0 spiro atoms. The summed E-state index contributed by atoms with van der Waals surface area (Å²) < 4.78 is 2.27. The van der Waals surface area contributed by atoms with Crippen LogP contribution in [0.4, 0.5) is 0 Å². The van der Waals surface area contributed by atoms with Crippen molar-refractivity contribution in [3.8, 4) is 0 Å². The van der Waals surface area contributed by atoms with E-state index in [-0.39, 0.29) is 0 Å². The summed E-state index contributed by atoms with van der Waals surface area (Å²) in [5.41, 5.74) is 2.49. The fourth-order valence-electron chi connectivity index (χ4n) is 2.07. The lowest BCUT2D eigenvalue weighted by Crippen LogP contribution is -2.38. The molecule has 0 saturated heterocycles. The monoisotopic (exact) mass is 232 g/mol. The van der Waals surface area contributed by atoms with Gasteiger partial charge in [0.1, 0.15) is 6.54 Å². The van der Waals surface area contributed by atoms with E-state index in [1.165, 1.54) is 30.3 Å². The number of aromatic amines is 1. The van der Waals surface area contributed by atoms with Crippen molar-refractivity contribution in [2.75, 3.05) is 13.1 Å². The molecule has 1 aromatic heterocycles. The van der Waals surface area contributed by atoms with Crippen LogP contribution in [-0.4, -0.2) is 18.1 Å². The van der Waals surface area contributed by atoms with Crippen molar-refractivity contribution in [1.82, 2.24) is 10.3 Å². The van der Waals surface area contributed by atoms with E-state index >= 15 is 0 Å². The van der Waals surface area contributed by atoms with Gasteiger partial charge in [-0.05, 0) is 25.1 Å². The molecule has 0 fully saturated rings. The Labute approximate surface area is 103 Å². The van der Waals surface area contributed by atoms with Crippen molar-refractivity contribution in [3.63, 3.8) is 0 Å². The fraction of sp³-hybridized carbons (Fsp3) is 0.500. The van der Waals surface area contributed by atoms with Gasteiger partial charge < -0.3 is 5.32 Å². The molecule has 0 unspecified atom stereocenters. The first-order valence-corrected chi connectivity index (χ1v) is 6.58. The predicted molar refractivity (Wildman–Crippen MR) is 70.9 cm³/mol. The van der Waals surface area contributed by atoms with Gasteiger partial charge >= 0.3 is 0 Å². The van der Waals surface area contributed by atoms with E-state index in [1.807, 2.05) is 0 Å². The summed E-state index contributed by atoms with van der Waals surface area (Å²) in [4.78, 5) is 3.28. The van der Waals surface area contributed by atoms with E-state index in [9.17, 15) is 0 Å². The number of aromatic nitrogens is 2. The molecule has 3 heteroatoms. The quantitative estimate of drug-likeness (QED) is 0.557. The van der Waals surface area contributed by atoms with Crippen molar-refractivity contribution in [3.05, 3.63) is 30.6 Å². The second-order valence-electron chi connectivity index (χ2n) is 4.44. The van der Waals surface area contributed by atoms with Crippen LogP contribution >= 0.6 is 0 Å². The van der Waals surface area contributed by atoms with Crippen LogP contribution < -0.4 is 9.88 Å². The molecule has 2 rings (SSSR count). The zero-order valence-corrected chi connectivity index (χ0v) is 10.6. The summed E-state index contributed by atoms with van der Waals surface area (Å²) in [6.07, 6.45) is 5.96. The Bertz CT molecular complexity index is 447. The van der Waals surface area contributed by atoms with Crippen molar-refractivity contribution in [2.24, 2.45) is 0 Å². The maximum Gasteiger partial charge on any atom is 0.242 e. The van der Waals surface area contributed by atoms with Crippen LogP contribution in [0, 0.1) is 0 Å². The normalized spacial score (nSPS) is 11.1. The molecule has 0 bridgehead atoms. The Balaban J connectivity index is 1.79. The van der Waals surface area contributed by atoms with E-state index in [2.05, 4.69) is 52.4 Å². The van der Waals surface area contributed by atoms with Crippen molar-refractivity contribution >= 4 is 11.0 Å². The minimum absolute atomic E-state index is 1.02. The molecule has 2 aromatic rings. The van der Waals surface area contributed by atoms with E-state index in [0.717, 1.165) is 19.6 Å². The largest absolute Gasteiger partial charge is 0.313 e. The van der Waals surface area contributed by atoms with E-state index in [1.54, 1.807) is 0 Å². The summed E-state index contributed by atoms with van der Waals surface area (Å²) in [6, 6.07) is 8.41. The highest BCUT2D eigenvalue weighted by Gasteiger charge is 2.06. The summed E-state index contributed by atoms with van der Waals surface area (Å²) in [5.74, 6) is 0. The number of fused-ring (bicyclic) bond motifs is 1. The summed E-state index contributed by atoms with van der Waals surface area (Å²) in [6.45, 7) is 5.44. The molecule has 3 nitrogen and oxygen atoms in total. The van der Waals surface area contributed by atoms with Gasteiger partial charge in [-0.2, -0.15) is 0 Å².